The molecule has 2 aromatic rings. The molecule has 0 spiro atoms. The van der Waals surface area contributed by atoms with Crippen LogP contribution in [0.15, 0.2) is 41.6 Å². The van der Waals surface area contributed by atoms with Gasteiger partial charge in [-0.05, 0) is 43.0 Å². The van der Waals surface area contributed by atoms with Crippen molar-refractivity contribution in [2.45, 2.75) is 24.3 Å². The van der Waals surface area contributed by atoms with Gasteiger partial charge in [-0.15, -0.1) is 0 Å². The highest BCUT2D eigenvalue weighted by molar-refractivity contribution is 7.89. The lowest BCUT2D eigenvalue weighted by Crippen LogP contribution is -2.28. The molecule has 134 valence electrons. The SMILES string of the molecule is CN(Cc1nccn1C)S(=O)(=O)c1ccc(C(=O)NCC2CC2)cc1. The van der Waals surface area contributed by atoms with E-state index >= 15 is 0 Å². The maximum atomic E-state index is 12.7. The fraction of sp³-hybridized carbons (Fsp3) is 0.412. The smallest absolute Gasteiger partial charge is 0.251 e. The Hall–Kier alpha value is -2.19. The van der Waals surface area contributed by atoms with Gasteiger partial charge in [-0.3, -0.25) is 4.79 Å². The zero-order valence-electron chi connectivity index (χ0n) is 14.3. The zero-order chi connectivity index (χ0) is 18.0. The molecular weight excluding hydrogens is 340 g/mol. The molecule has 0 bridgehead atoms. The molecule has 1 amide bonds. The minimum atomic E-state index is -3.64. The van der Waals surface area contributed by atoms with E-state index in [1.54, 1.807) is 29.1 Å². The first-order chi connectivity index (χ1) is 11.9. The number of nitrogens with one attached hydrogen (secondary N) is 1. The second kappa shape index (κ2) is 6.97. The van der Waals surface area contributed by atoms with Gasteiger partial charge >= 0.3 is 0 Å². The summed E-state index contributed by atoms with van der Waals surface area (Å²) in [6.45, 7) is 0.862. The average molecular weight is 362 g/mol. The molecule has 1 N–H and O–H groups in total. The van der Waals surface area contributed by atoms with Crippen LogP contribution in [0.4, 0.5) is 0 Å². The van der Waals surface area contributed by atoms with Crippen LogP contribution in [-0.2, 0) is 23.6 Å². The molecule has 0 radical (unpaired) electrons. The van der Waals surface area contributed by atoms with E-state index in [1.165, 1.54) is 36.3 Å². The zero-order valence-corrected chi connectivity index (χ0v) is 15.2. The van der Waals surface area contributed by atoms with Gasteiger partial charge in [-0.2, -0.15) is 4.31 Å². The molecule has 8 heteroatoms. The van der Waals surface area contributed by atoms with Crippen molar-refractivity contribution >= 4 is 15.9 Å². The van der Waals surface area contributed by atoms with Crippen molar-refractivity contribution in [2.75, 3.05) is 13.6 Å². The molecule has 0 unspecified atom stereocenters. The van der Waals surface area contributed by atoms with Crippen molar-refractivity contribution in [2.24, 2.45) is 13.0 Å². The van der Waals surface area contributed by atoms with Gasteiger partial charge in [-0.25, -0.2) is 13.4 Å². The quantitative estimate of drug-likeness (QED) is 0.806. The highest BCUT2D eigenvalue weighted by Gasteiger charge is 2.24. The number of hydrogen-bond donors (Lipinski definition) is 1. The molecule has 0 saturated heterocycles. The van der Waals surface area contributed by atoms with Crippen LogP contribution < -0.4 is 5.32 Å². The average Bonchev–Trinajstić information content (AvgIpc) is 3.35. The Balaban J connectivity index is 1.68. The third-order valence-corrected chi connectivity index (χ3v) is 6.18. The topological polar surface area (TPSA) is 84.3 Å². The first-order valence-electron chi connectivity index (χ1n) is 8.18. The molecular formula is C17H22N4O3S. The number of hydrogen-bond acceptors (Lipinski definition) is 4. The fourth-order valence-corrected chi connectivity index (χ4v) is 3.58. The highest BCUT2D eigenvalue weighted by atomic mass is 32.2. The number of carbonyl (C=O) groups is 1. The number of benzene rings is 1. The lowest BCUT2D eigenvalue weighted by atomic mass is 10.2. The minimum Gasteiger partial charge on any atom is -0.352 e. The summed E-state index contributed by atoms with van der Waals surface area (Å²) in [7, 11) is -0.310. The number of sulfonamides is 1. The number of rotatable bonds is 7. The molecule has 7 nitrogen and oxygen atoms in total. The van der Waals surface area contributed by atoms with Gasteiger partial charge in [0.1, 0.15) is 5.82 Å². The van der Waals surface area contributed by atoms with Crippen LogP contribution in [0, 0.1) is 5.92 Å². The van der Waals surface area contributed by atoms with Crippen LogP contribution in [0.25, 0.3) is 0 Å². The molecule has 1 fully saturated rings. The van der Waals surface area contributed by atoms with Crippen molar-refractivity contribution < 1.29 is 13.2 Å². The molecule has 1 saturated carbocycles. The molecule has 3 rings (SSSR count). The Morgan fingerprint density at radius 1 is 1.32 bits per heavy atom. The maximum Gasteiger partial charge on any atom is 0.251 e. The molecule has 1 aromatic heterocycles. The Labute approximate surface area is 147 Å². The Kier molecular flexibility index (Phi) is 4.91. The number of aryl methyl sites for hydroxylation is 1. The number of aromatic nitrogens is 2. The summed E-state index contributed by atoms with van der Waals surface area (Å²) >= 11 is 0. The van der Waals surface area contributed by atoms with Crippen molar-refractivity contribution in [3.63, 3.8) is 0 Å². The normalized spacial score (nSPS) is 14.7. The Morgan fingerprint density at radius 2 is 2.00 bits per heavy atom. The molecule has 1 aromatic carbocycles. The molecule has 1 aliphatic carbocycles. The van der Waals surface area contributed by atoms with Crippen LogP contribution in [0.3, 0.4) is 0 Å². The number of amides is 1. The monoisotopic (exact) mass is 362 g/mol. The summed E-state index contributed by atoms with van der Waals surface area (Å²) in [4.78, 5) is 16.3. The van der Waals surface area contributed by atoms with E-state index in [-0.39, 0.29) is 17.3 Å². The van der Waals surface area contributed by atoms with Crippen molar-refractivity contribution in [1.29, 1.82) is 0 Å². The van der Waals surface area contributed by atoms with Gasteiger partial charge in [0.25, 0.3) is 5.91 Å². The summed E-state index contributed by atoms with van der Waals surface area (Å²) < 4.78 is 28.3. The van der Waals surface area contributed by atoms with Crippen molar-refractivity contribution in [1.82, 2.24) is 19.2 Å². The summed E-state index contributed by atoms with van der Waals surface area (Å²) in [5.41, 5.74) is 0.464. The number of nitrogens with zero attached hydrogens (tertiary/aromatic N) is 3. The van der Waals surface area contributed by atoms with Gasteiger partial charge < -0.3 is 9.88 Å². The largest absolute Gasteiger partial charge is 0.352 e. The van der Waals surface area contributed by atoms with Crippen LogP contribution in [-0.4, -0.2) is 41.8 Å². The lowest BCUT2D eigenvalue weighted by molar-refractivity contribution is 0.0951. The van der Waals surface area contributed by atoms with E-state index in [2.05, 4.69) is 10.3 Å². The lowest BCUT2D eigenvalue weighted by Gasteiger charge is -2.17. The van der Waals surface area contributed by atoms with E-state index < -0.39 is 10.0 Å². The fourth-order valence-electron chi connectivity index (χ4n) is 2.45. The Bertz CT molecular complexity index is 854. The summed E-state index contributed by atoms with van der Waals surface area (Å²) in [5, 5.41) is 2.87. The predicted octanol–water partition coefficient (Wildman–Crippen LogP) is 1.38. The number of imidazole rings is 1. The highest BCUT2D eigenvalue weighted by Crippen LogP contribution is 2.27. The summed E-state index contributed by atoms with van der Waals surface area (Å²) in [6.07, 6.45) is 5.73. The van der Waals surface area contributed by atoms with Gasteiger partial charge in [0.15, 0.2) is 0 Å². The van der Waals surface area contributed by atoms with E-state index in [1.807, 2.05) is 7.05 Å². The van der Waals surface area contributed by atoms with E-state index in [4.69, 9.17) is 0 Å². The van der Waals surface area contributed by atoms with Gasteiger partial charge in [0.2, 0.25) is 10.0 Å². The van der Waals surface area contributed by atoms with E-state index in [0.29, 0.717) is 23.9 Å². The van der Waals surface area contributed by atoms with E-state index in [9.17, 15) is 13.2 Å². The van der Waals surface area contributed by atoms with Crippen molar-refractivity contribution in [3.05, 3.63) is 48.0 Å². The predicted molar refractivity (Wildman–Crippen MR) is 93.4 cm³/mol. The molecule has 1 aliphatic rings. The second-order valence-corrected chi connectivity index (χ2v) is 8.44. The third kappa shape index (κ3) is 4.08. The minimum absolute atomic E-state index is 0.156. The van der Waals surface area contributed by atoms with Crippen LogP contribution in [0.5, 0.6) is 0 Å². The van der Waals surface area contributed by atoms with Crippen molar-refractivity contribution in [3.8, 4) is 0 Å². The molecule has 0 aliphatic heterocycles. The Morgan fingerprint density at radius 3 is 2.56 bits per heavy atom. The van der Waals surface area contributed by atoms with Gasteiger partial charge in [-0.1, -0.05) is 0 Å². The second-order valence-electron chi connectivity index (χ2n) is 6.39. The van der Waals surface area contributed by atoms with Crippen LogP contribution >= 0.6 is 0 Å². The van der Waals surface area contributed by atoms with Gasteiger partial charge in [0.05, 0.1) is 11.4 Å². The standard InChI is InChI=1S/C17H22N4O3S/c1-20-10-9-18-16(20)12-21(2)25(23,24)15-7-5-14(6-8-15)17(22)19-11-13-3-4-13/h5-10,13H,3-4,11-12H2,1-2H3,(H,19,22). The molecule has 0 atom stereocenters. The first kappa shape index (κ1) is 17.6. The first-order valence-corrected chi connectivity index (χ1v) is 9.63. The number of carbonyl (C=O) groups excluding carboxylic acids is 1. The molecule has 1 heterocycles. The van der Waals surface area contributed by atoms with Gasteiger partial charge in [0, 0.05) is 38.6 Å². The van der Waals surface area contributed by atoms with E-state index in [0.717, 1.165) is 0 Å². The summed E-state index contributed by atoms with van der Waals surface area (Å²) in [5.74, 6) is 1.09. The summed E-state index contributed by atoms with van der Waals surface area (Å²) in [6, 6.07) is 6.03. The van der Waals surface area contributed by atoms with Crippen LogP contribution in [0.1, 0.15) is 29.0 Å². The van der Waals surface area contributed by atoms with Crippen LogP contribution in [0.2, 0.25) is 0 Å². The maximum absolute atomic E-state index is 12.7. The molecule has 25 heavy (non-hydrogen) atoms. The third-order valence-electron chi connectivity index (χ3n) is 4.36.